The van der Waals surface area contributed by atoms with Crippen molar-refractivity contribution in [3.63, 3.8) is 0 Å². The second-order valence-electron chi connectivity index (χ2n) is 10.4. The van der Waals surface area contributed by atoms with E-state index < -0.39 is 78.0 Å². The van der Waals surface area contributed by atoms with Gasteiger partial charge in [-0.1, -0.05) is 43.7 Å². The highest BCUT2D eigenvalue weighted by atomic mass is 16.7. The molecule has 12 nitrogen and oxygen atoms in total. The van der Waals surface area contributed by atoms with Crippen LogP contribution in [-0.4, -0.2) is 70.3 Å². The molecule has 0 aromatic carbocycles. The molecule has 0 bridgehead atoms. The van der Waals surface area contributed by atoms with Gasteiger partial charge in [0.25, 0.3) is 5.79 Å². The van der Waals surface area contributed by atoms with Crippen molar-refractivity contribution in [3.8, 4) is 0 Å². The zero-order chi connectivity index (χ0) is 31.8. The zero-order valence-corrected chi connectivity index (χ0v) is 24.5. The molecule has 0 radical (unpaired) electrons. The summed E-state index contributed by atoms with van der Waals surface area (Å²) < 4.78 is 28.6. The number of carbonyl (C=O) groups is 6. The molecule has 0 unspecified atom stereocenters. The van der Waals surface area contributed by atoms with E-state index in [2.05, 4.69) is 0 Å². The highest BCUT2D eigenvalue weighted by molar-refractivity contribution is 6.26. The Balaban J connectivity index is 2.03. The van der Waals surface area contributed by atoms with Crippen LogP contribution in [0.15, 0.2) is 59.9 Å². The fourth-order valence-electron chi connectivity index (χ4n) is 4.85. The minimum Gasteiger partial charge on any atom is -0.481 e. The molecule has 1 N–H and O–H groups in total. The topological polar surface area (TPSA) is 169 Å². The van der Waals surface area contributed by atoms with Crippen molar-refractivity contribution in [2.24, 2.45) is 0 Å². The number of unbranched alkanes of at least 4 members (excludes halogenated alkanes) is 1. The maximum absolute atomic E-state index is 13.5. The Morgan fingerprint density at radius 3 is 2.47 bits per heavy atom. The van der Waals surface area contributed by atoms with Gasteiger partial charge < -0.3 is 28.8 Å². The predicted octanol–water partition coefficient (Wildman–Crippen LogP) is 3.35. The van der Waals surface area contributed by atoms with E-state index in [4.69, 9.17) is 28.8 Å². The van der Waals surface area contributed by atoms with E-state index in [1.807, 2.05) is 19.1 Å². The number of hydrogen-bond acceptors (Lipinski definition) is 11. The van der Waals surface area contributed by atoms with Crippen molar-refractivity contribution >= 4 is 35.4 Å². The highest BCUT2D eigenvalue weighted by Gasteiger charge is 2.63. The van der Waals surface area contributed by atoms with E-state index in [1.165, 1.54) is 6.08 Å². The Hall–Kier alpha value is -4.32. The first-order valence-corrected chi connectivity index (χ1v) is 14.0. The van der Waals surface area contributed by atoms with Crippen LogP contribution in [0.5, 0.6) is 0 Å². The van der Waals surface area contributed by atoms with Crippen LogP contribution in [0.1, 0.15) is 66.2 Å². The normalized spacial score (nSPS) is 28.8. The first-order chi connectivity index (χ1) is 20.3. The third-order valence-electron chi connectivity index (χ3n) is 6.98. The van der Waals surface area contributed by atoms with Crippen molar-refractivity contribution in [2.45, 2.75) is 95.9 Å². The van der Waals surface area contributed by atoms with Crippen molar-refractivity contribution in [3.05, 3.63) is 59.9 Å². The fourth-order valence-corrected chi connectivity index (χ4v) is 4.85. The molecule has 232 valence electrons. The van der Waals surface area contributed by atoms with Crippen LogP contribution < -0.4 is 0 Å². The largest absolute Gasteiger partial charge is 0.481 e. The number of allylic oxidation sites excluding steroid dienone is 5. The summed E-state index contributed by atoms with van der Waals surface area (Å²) in [5.41, 5.74) is -2.47. The van der Waals surface area contributed by atoms with Crippen molar-refractivity contribution in [1.29, 1.82) is 0 Å². The lowest BCUT2D eigenvalue weighted by molar-refractivity contribution is -0.333. The summed E-state index contributed by atoms with van der Waals surface area (Å²) in [6, 6.07) is 0. The lowest BCUT2D eigenvalue weighted by Crippen LogP contribution is -2.65. The number of esters is 3. The second kappa shape index (κ2) is 14.2. The molecule has 2 aliphatic heterocycles. The monoisotopic (exact) mass is 600 g/mol. The Bertz CT molecular complexity index is 1300. The highest BCUT2D eigenvalue weighted by Crippen LogP contribution is 2.46. The van der Waals surface area contributed by atoms with Gasteiger partial charge in [-0.25, -0.2) is 4.79 Å². The number of hydrogen-bond donors (Lipinski definition) is 1. The quantitative estimate of drug-likeness (QED) is 0.121. The Labute approximate surface area is 249 Å². The number of ether oxygens (including phenoxy) is 5. The van der Waals surface area contributed by atoms with Gasteiger partial charge in [0, 0.05) is 18.6 Å². The number of ketones is 2. The fraction of sp³-hybridized carbons (Fsp3) is 0.484. The van der Waals surface area contributed by atoms with E-state index in [0.29, 0.717) is 6.42 Å². The van der Waals surface area contributed by atoms with Crippen LogP contribution in [0, 0.1) is 0 Å². The first-order valence-electron chi connectivity index (χ1n) is 14.0. The molecule has 2 heterocycles. The molecule has 1 saturated heterocycles. The van der Waals surface area contributed by atoms with Gasteiger partial charge in [-0.3, -0.25) is 24.0 Å². The van der Waals surface area contributed by atoms with E-state index >= 15 is 0 Å². The zero-order valence-electron chi connectivity index (χ0n) is 24.5. The lowest BCUT2D eigenvalue weighted by atomic mass is 9.75. The molecule has 0 saturated carbocycles. The molecule has 3 aliphatic rings. The number of Topliss-reactive ketones (excluding diaryl/α,β-unsaturated/α-hetero) is 1. The van der Waals surface area contributed by atoms with E-state index in [9.17, 15) is 28.8 Å². The Kier molecular flexibility index (Phi) is 11.0. The van der Waals surface area contributed by atoms with E-state index in [-0.39, 0.29) is 17.6 Å². The van der Waals surface area contributed by atoms with Crippen LogP contribution >= 0.6 is 0 Å². The molecule has 1 fully saturated rings. The predicted molar refractivity (Wildman–Crippen MR) is 149 cm³/mol. The Morgan fingerprint density at radius 2 is 1.79 bits per heavy atom. The van der Waals surface area contributed by atoms with Gasteiger partial charge in [-0.05, 0) is 39.2 Å². The third-order valence-corrected chi connectivity index (χ3v) is 6.98. The maximum Gasteiger partial charge on any atom is 0.331 e. The van der Waals surface area contributed by atoms with Crippen LogP contribution in [0.2, 0.25) is 0 Å². The van der Waals surface area contributed by atoms with Gasteiger partial charge in [0.1, 0.15) is 0 Å². The SMILES string of the molecule is CCC/C=C/C=C/C=C/C(=O)O[C@@H]1C2=CC(=O)[C@](C)(OC(C)=O)C(=O)C2=CO[C@]12O[C@H](C)CC[C@@H]2OC(=O)CCC(=O)O. The summed E-state index contributed by atoms with van der Waals surface area (Å²) in [6.45, 7) is 5.96. The van der Waals surface area contributed by atoms with Crippen LogP contribution in [-0.2, 0) is 52.5 Å². The third kappa shape index (κ3) is 7.75. The van der Waals surface area contributed by atoms with Crippen molar-refractivity contribution in [1.82, 2.24) is 0 Å². The molecule has 0 aromatic heterocycles. The Morgan fingerprint density at radius 1 is 1.07 bits per heavy atom. The number of aliphatic carboxylic acids is 1. The maximum atomic E-state index is 13.5. The summed E-state index contributed by atoms with van der Waals surface area (Å²) in [5, 5.41) is 8.96. The van der Waals surface area contributed by atoms with Gasteiger partial charge in [0.2, 0.25) is 17.2 Å². The number of carbonyl (C=O) groups excluding carboxylic acids is 5. The van der Waals surface area contributed by atoms with Gasteiger partial charge in [-0.2, -0.15) is 0 Å². The number of fused-ring (bicyclic) bond motifs is 1. The average molecular weight is 601 g/mol. The van der Waals surface area contributed by atoms with Crippen molar-refractivity contribution < 1.29 is 57.6 Å². The van der Waals surface area contributed by atoms with Crippen LogP contribution in [0.25, 0.3) is 0 Å². The summed E-state index contributed by atoms with van der Waals surface area (Å²) in [7, 11) is 0. The molecule has 1 aliphatic carbocycles. The molecule has 1 spiro atoms. The second-order valence-corrected chi connectivity index (χ2v) is 10.4. The molecule has 5 atom stereocenters. The molecular formula is C31H36O12. The molecule has 43 heavy (non-hydrogen) atoms. The number of rotatable bonds is 11. The van der Waals surface area contributed by atoms with Gasteiger partial charge >= 0.3 is 23.9 Å². The summed E-state index contributed by atoms with van der Waals surface area (Å²) in [4.78, 5) is 75.0. The smallest absolute Gasteiger partial charge is 0.331 e. The van der Waals surface area contributed by atoms with E-state index in [1.54, 1.807) is 19.1 Å². The number of carboxylic acid groups (broad SMARTS) is 1. The summed E-state index contributed by atoms with van der Waals surface area (Å²) in [5.74, 6) is -7.62. The van der Waals surface area contributed by atoms with Gasteiger partial charge in [-0.15, -0.1) is 0 Å². The van der Waals surface area contributed by atoms with E-state index in [0.717, 1.165) is 45.1 Å². The van der Waals surface area contributed by atoms with Crippen molar-refractivity contribution in [2.75, 3.05) is 0 Å². The van der Waals surface area contributed by atoms with Gasteiger partial charge in [0.15, 0.2) is 12.2 Å². The van der Waals surface area contributed by atoms with Crippen LogP contribution in [0.3, 0.4) is 0 Å². The molecule has 0 amide bonds. The molecule has 0 aromatic rings. The standard InChI is InChI=1S/C31H36O12/c1-5-6-7-8-9-10-11-12-26(36)41-29-21-17-23(33)30(4,43-20(3)32)28(38)22(21)18-39-31(29)24(14-13-19(2)42-31)40-27(37)16-15-25(34)35/h7-12,17-19,24,29H,5-6,13-16H2,1-4H3,(H,34,35)/b8-7+,10-9+,12-11+/t19-,24+,29-,30+,31-/m1/s1. The van der Waals surface area contributed by atoms with Gasteiger partial charge in [0.05, 0.1) is 30.8 Å². The average Bonchev–Trinajstić information content (AvgIpc) is 2.93. The first kappa shape index (κ1) is 33.2. The van der Waals surface area contributed by atoms with Crippen LogP contribution in [0.4, 0.5) is 0 Å². The molecular weight excluding hydrogens is 564 g/mol. The molecule has 12 heteroatoms. The number of carboxylic acids is 1. The lowest BCUT2D eigenvalue weighted by Gasteiger charge is -2.50. The molecule has 3 rings (SSSR count). The minimum absolute atomic E-state index is 0.0913. The summed E-state index contributed by atoms with van der Waals surface area (Å²) >= 11 is 0. The minimum atomic E-state index is -2.18. The summed E-state index contributed by atoms with van der Waals surface area (Å²) in [6.07, 6.45) is 9.93.